The highest BCUT2D eigenvalue weighted by Crippen LogP contribution is 2.53. The summed E-state index contributed by atoms with van der Waals surface area (Å²) in [5, 5.41) is 9.63. The molecule has 13 rings (SSSR count). The standard InChI is InChI=1S/C58H38N2O2/c1-3-15-39-33-41(27-25-37(39)13-1)57-45-31-29-43(59-49-17-5-9-21-53(49)61-54-22-10-6-18-50(54)59)35-47(45)58(42-28-26-38-14-2-4-16-40(38)34-42)48-36-44(30-32-46(48)57)60-51-19-7-11-23-55(51)62-56-24-12-8-20-52(56)60/h1-7,9-19,21-36H,8,20H2. The van der Waals surface area contributed by atoms with Crippen LogP contribution < -0.4 is 19.3 Å². The third kappa shape index (κ3) is 5.40. The fraction of sp³-hybridized carbons (Fsp3) is 0.0345. The average Bonchev–Trinajstić information content (AvgIpc) is 3.33. The normalized spacial score (nSPS) is 14.1. The van der Waals surface area contributed by atoms with Crippen LogP contribution in [0.25, 0.3) is 65.3 Å². The Bertz CT molecular complexity index is 3520. The number of para-hydroxylation sites is 6. The molecule has 0 radical (unpaired) electrons. The Hall–Kier alpha value is -8.08. The maximum atomic E-state index is 6.54. The van der Waals surface area contributed by atoms with Gasteiger partial charge in [0.2, 0.25) is 0 Å². The summed E-state index contributed by atoms with van der Waals surface area (Å²) in [6.07, 6.45) is 6.21. The topological polar surface area (TPSA) is 24.9 Å². The minimum Gasteiger partial charge on any atom is -0.453 e. The SMILES string of the molecule is C1=CC2=C(CC1)N(c1ccc3c(-c4ccc5ccccc5c4)c4ccc(N5c6ccccc6Oc6ccccc65)cc4c(-c4ccc5ccccc5c4)c3c1)c1ccccc1O2. The highest BCUT2D eigenvalue weighted by molar-refractivity contribution is 6.23. The number of hydrogen-bond donors (Lipinski definition) is 0. The van der Waals surface area contributed by atoms with Gasteiger partial charge in [0.25, 0.3) is 0 Å². The second-order valence-corrected chi connectivity index (χ2v) is 16.4. The first kappa shape index (κ1) is 34.8. The summed E-state index contributed by atoms with van der Waals surface area (Å²) < 4.78 is 13.0. The zero-order valence-electron chi connectivity index (χ0n) is 33.8. The van der Waals surface area contributed by atoms with Gasteiger partial charge in [-0.2, -0.15) is 0 Å². The first-order valence-electron chi connectivity index (χ1n) is 21.4. The van der Waals surface area contributed by atoms with Crippen molar-refractivity contribution in [1.82, 2.24) is 0 Å². The molecule has 0 bridgehead atoms. The molecule has 0 atom stereocenters. The van der Waals surface area contributed by atoms with E-state index in [0.29, 0.717) is 0 Å². The van der Waals surface area contributed by atoms with Gasteiger partial charge in [-0.1, -0.05) is 127 Å². The molecular formula is C58H38N2O2. The van der Waals surface area contributed by atoms with Crippen LogP contribution in [0.4, 0.5) is 28.4 Å². The quantitative estimate of drug-likeness (QED) is 0.166. The number of allylic oxidation sites excluding steroid dienone is 3. The highest BCUT2D eigenvalue weighted by atomic mass is 16.5. The minimum atomic E-state index is 0.832. The maximum absolute atomic E-state index is 6.54. The van der Waals surface area contributed by atoms with Crippen molar-refractivity contribution in [2.24, 2.45) is 0 Å². The van der Waals surface area contributed by atoms with Crippen LogP contribution in [-0.2, 0) is 0 Å². The Morgan fingerprint density at radius 3 is 1.42 bits per heavy atom. The molecule has 1 aliphatic carbocycles. The minimum absolute atomic E-state index is 0.832. The van der Waals surface area contributed by atoms with Gasteiger partial charge >= 0.3 is 0 Å². The van der Waals surface area contributed by atoms with Crippen LogP contribution in [0.3, 0.4) is 0 Å². The van der Waals surface area contributed by atoms with Crippen LogP contribution in [0, 0.1) is 0 Å². The van der Waals surface area contributed by atoms with Crippen molar-refractivity contribution < 1.29 is 9.47 Å². The van der Waals surface area contributed by atoms with Gasteiger partial charge in [-0.05, 0) is 157 Å². The number of ether oxygens (including phenoxy) is 2. The van der Waals surface area contributed by atoms with Crippen molar-refractivity contribution in [3.05, 3.63) is 218 Å². The lowest BCUT2D eigenvalue weighted by atomic mass is 9.84. The predicted molar refractivity (Wildman–Crippen MR) is 257 cm³/mol. The van der Waals surface area contributed by atoms with Crippen LogP contribution in [-0.4, -0.2) is 0 Å². The zero-order valence-corrected chi connectivity index (χ0v) is 33.8. The third-order valence-corrected chi connectivity index (χ3v) is 12.8. The van der Waals surface area contributed by atoms with Crippen molar-refractivity contribution in [2.75, 3.05) is 9.80 Å². The van der Waals surface area contributed by atoms with Crippen molar-refractivity contribution in [2.45, 2.75) is 12.8 Å². The second kappa shape index (κ2) is 13.7. The summed E-state index contributed by atoms with van der Waals surface area (Å²) in [7, 11) is 0. The molecule has 0 saturated heterocycles. The molecular weight excluding hydrogens is 757 g/mol. The Morgan fingerprint density at radius 1 is 0.371 bits per heavy atom. The summed E-state index contributed by atoms with van der Waals surface area (Å²) >= 11 is 0. The van der Waals surface area contributed by atoms with Gasteiger partial charge in [0.05, 0.1) is 22.8 Å². The zero-order chi connectivity index (χ0) is 40.7. The van der Waals surface area contributed by atoms with Crippen LogP contribution in [0.15, 0.2) is 218 Å². The summed E-state index contributed by atoms with van der Waals surface area (Å²) in [4.78, 5) is 4.78. The van der Waals surface area contributed by atoms with Gasteiger partial charge in [-0.25, -0.2) is 0 Å². The molecule has 62 heavy (non-hydrogen) atoms. The van der Waals surface area contributed by atoms with Crippen LogP contribution in [0.5, 0.6) is 17.2 Å². The lowest BCUT2D eigenvalue weighted by Crippen LogP contribution is -2.25. The lowest BCUT2D eigenvalue weighted by molar-refractivity contribution is 0.421. The smallest absolute Gasteiger partial charge is 0.151 e. The fourth-order valence-corrected chi connectivity index (χ4v) is 10.0. The Balaban J connectivity index is 1.16. The summed E-state index contributed by atoms with van der Waals surface area (Å²) in [6.45, 7) is 0. The van der Waals surface area contributed by atoms with E-state index < -0.39 is 0 Å². The Morgan fingerprint density at radius 2 is 0.839 bits per heavy atom. The Kier molecular flexibility index (Phi) is 7.70. The molecule has 0 aromatic heterocycles. The number of nitrogens with zero attached hydrogens (tertiary/aromatic N) is 2. The van der Waals surface area contributed by atoms with E-state index in [1.54, 1.807) is 0 Å². The third-order valence-electron chi connectivity index (χ3n) is 12.8. The van der Waals surface area contributed by atoms with Gasteiger partial charge < -0.3 is 19.3 Å². The molecule has 0 spiro atoms. The molecule has 3 aliphatic rings. The molecule has 0 N–H and O–H groups in total. The molecule has 0 unspecified atom stereocenters. The fourth-order valence-electron chi connectivity index (χ4n) is 10.0. The van der Waals surface area contributed by atoms with Gasteiger partial charge in [0.1, 0.15) is 5.76 Å². The van der Waals surface area contributed by atoms with Crippen LogP contribution in [0.1, 0.15) is 12.8 Å². The predicted octanol–water partition coefficient (Wildman–Crippen LogP) is 16.3. The van der Waals surface area contributed by atoms with Crippen molar-refractivity contribution in [3.8, 4) is 39.5 Å². The molecule has 10 aromatic carbocycles. The highest BCUT2D eigenvalue weighted by Gasteiger charge is 2.30. The van der Waals surface area contributed by atoms with Gasteiger partial charge in [0, 0.05) is 11.4 Å². The number of fused-ring (bicyclic) bond motifs is 7. The summed E-state index contributed by atoms with van der Waals surface area (Å²) in [6, 6.07) is 70.4. The number of benzene rings is 10. The first-order chi connectivity index (χ1) is 30.7. The van der Waals surface area contributed by atoms with E-state index in [9.17, 15) is 0 Å². The molecule has 2 aliphatic heterocycles. The summed E-state index contributed by atoms with van der Waals surface area (Å²) in [5.74, 6) is 3.44. The monoisotopic (exact) mass is 794 g/mol. The van der Waals surface area contributed by atoms with E-state index in [1.807, 2.05) is 12.1 Å². The molecule has 4 nitrogen and oxygen atoms in total. The van der Waals surface area contributed by atoms with Gasteiger partial charge in [-0.15, -0.1) is 0 Å². The van der Waals surface area contributed by atoms with E-state index in [4.69, 9.17) is 9.47 Å². The maximum Gasteiger partial charge on any atom is 0.151 e. The molecule has 0 fully saturated rings. The van der Waals surface area contributed by atoms with E-state index in [2.05, 4.69) is 204 Å². The van der Waals surface area contributed by atoms with Crippen LogP contribution in [0.2, 0.25) is 0 Å². The van der Waals surface area contributed by atoms with E-state index in [0.717, 1.165) is 64.3 Å². The second-order valence-electron chi connectivity index (χ2n) is 16.4. The van der Waals surface area contributed by atoms with E-state index >= 15 is 0 Å². The molecule has 10 aromatic rings. The molecule has 0 amide bonds. The first-order valence-corrected chi connectivity index (χ1v) is 21.4. The Labute approximate surface area is 359 Å². The van der Waals surface area contributed by atoms with Crippen molar-refractivity contribution in [3.63, 3.8) is 0 Å². The van der Waals surface area contributed by atoms with Gasteiger partial charge in [0.15, 0.2) is 17.2 Å². The number of anilines is 5. The number of rotatable bonds is 4. The van der Waals surface area contributed by atoms with Crippen molar-refractivity contribution in [1.29, 1.82) is 0 Å². The van der Waals surface area contributed by atoms with E-state index in [1.165, 1.54) is 71.0 Å². The molecule has 4 heteroatoms. The molecule has 0 saturated carbocycles. The molecule has 292 valence electrons. The summed E-state index contributed by atoms with van der Waals surface area (Å²) in [5.41, 5.74) is 11.2. The largest absolute Gasteiger partial charge is 0.453 e. The average molecular weight is 795 g/mol. The lowest BCUT2D eigenvalue weighted by Gasteiger charge is -2.36. The number of hydrogen-bond acceptors (Lipinski definition) is 4. The van der Waals surface area contributed by atoms with Crippen molar-refractivity contribution >= 4 is 71.5 Å². The van der Waals surface area contributed by atoms with Crippen LogP contribution >= 0.6 is 0 Å². The molecule has 2 heterocycles. The van der Waals surface area contributed by atoms with E-state index in [-0.39, 0.29) is 0 Å². The van der Waals surface area contributed by atoms with Gasteiger partial charge in [-0.3, -0.25) is 0 Å².